The molecule has 1 aromatic carbocycles. The van der Waals surface area contributed by atoms with Crippen LogP contribution in [-0.4, -0.2) is 20.3 Å². The minimum atomic E-state index is -0.280. The number of rotatable bonds is 4. The maximum Gasteiger partial charge on any atom is 0.273 e. The molecule has 2 aromatic heterocycles. The molecule has 0 aliphatic rings. The van der Waals surface area contributed by atoms with Crippen molar-refractivity contribution in [2.45, 2.75) is 13.0 Å². The Bertz CT molecular complexity index is 806. The lowest BCUT2D eigenvalue weighted by molar-refractivity contribution is 0.0934. The van der Waals surface area contributed by atoms with Crippen LogP contribution in [0.2, 0.25) is 5.02 Å². The van der Waals surface area contributed by atoms with Crippen molar-refractivity contribution in [2.24, 2.45) is 7.05 Å². The average molecular weight is 329 g/mol. The van der Waals surface area contributed by atoms with Crippen LogP contribution < -0.4 is 5.32 Å². The molecule has 1 unspecified atom stereocenters. The van der Waals surface area contributed by atoms with E-state index >= 15 is 0 Å². The first kappa shape index (κ1) is 15.4. The molecule has 23 heavy (non-hydrogen) atoms. The van der Waals surface area contributed by atoms with Gasteiger partial charge in [-0.2, -0.15) is 5.10 Å². The van der Waals surface area contributed by atoms with E-state index < -0.39 is 0 Å². The smallest absolute Gasteiger partial charge is 0.273 e. The fourth-order valence-corrected chi connectivity index (χ4v) is 2.67. The Morgan fingerprint density at radius 3 is 2.43 bits per heavy atom. The van der Waals surface area contributed by atoms with Crippen LogP contribution in [0.15, 0.2) is 55.0 Å². The molecule has 3 aromatic rings. The number of nitrogens with one attached hydrogen (secondary N) is 1. The van der Waals surface area contributed by atoms with Crippen LogP contribution in [0.1, 0.15) is 29.0 Å². The summed E-state index contributed by atoms with van der Waals surface area (Å²) in [5.41, 5.74) is 2.33. The zero-order valence-electron chi connectivity index (χ0n) is 12.9. The van der Waals surface area contributed by atoms with Crippen LogP contribution in [0.25, 0.3) is 5.69 Å². The Morgan fingerprint density at radius 1 is 1.22 bits per heavy atom. The van der Waals surface area contributed by atoms with Gasteiger partial charge >= 0.3 is 0 Å². The van der Waals surface area contributed by atoms with E-state index in [1.165, 1.54) is 4.68 Å². The minimum absolute atomic E-state index is 0.140. The van der Waals surface area contributed by atoms with Crippen molar-refractivity contribution in [1.29, 1.82) is 0 Å². The third-order valence-corrected chi connectivity index (χ3v) is 3.92. The Kier molecular flexibility index (Phi) is 4.21. The van der Waals surface area contributed by atoms with E-state index in [0.29, 0.717) is 5.02 Å². The van der Waals surface area contributed by atoms with Gasteiger partial charge in [0, 0.05) is 31.3 Å². The van der Waals surface area contributed by atoms with Crippen molar-refractivity contribution in [3.8, 4) is 5.69 Å². The van der Waals surface area contributed by atoms with E-state index in [-0.39, 0.29) is 17.6 Å². The molecular formula is C17H17ClN4O. The van der Waals surface area contributed by atoms with Gasteiger partial charge in [-0.3, -0.25) is 9.48 Å². The first-order valence-corrected chi connectivity index (χ1v) is 7.65. The zero-order valence-corrected chi connectivity index (χ0v) is 13.7. The lowest BCUT2D eigenvalue weighted by Gasteiger charge is -2.14. The Morgan fingerprint density at radius 2 is 1.87 bits per heavy atom. The summed E-state index contributed by atoms with van der Waals surface area (Å²) in [5, 5.41) is 7.34. The Hall–Kier alpha value is -2.53. The predicted octanol–water partition coefficient (Wildman–Crippen LogP) is 3.36. The summed E-state index contributed by atoms with van der Waals surface area (Å²) < 4.78 is 3.55. The van der Waals surface area contributed by atoms with E-state index in [9.17, 15) is 4.79 Å². The Labute approximate surface area is 139 Å². The van der Waals surface area contributed by atoms with E-state index in [1.54, 1.807) is 13.2 Å². The lowest BCUT2D eigenvalue weighted by Crippen LogP contribution is -2.27. The van der Waals surface area contributed by atoms with Gasteiger partial charge in [0.1, 0.15) is 0 Å². The quantitative estimate of drug-likeness (QED) is 0.798. The molecule has 0 spiro atoms. The standard InChI is InChI=1S/C17H17ClN4O/c1-12(19-17(23)16-15(18)11-21(2)20-16)13-5-7-14(8-6-13)22-9-3-4-10-22/h3-12H,1-2H3,(H,19,23). The fourth-order valence-electron chi connectivity index (χ4n) is 2.40. The largest absolute Gasteiger partial charge is 0.344 e. The van der Waals surface area contributed by atoms with Gasteiger partial charge in [0.2, 0.25) is 0 Å². The van der Waals surface area contributed by atoms with Gasteiger partial charge in [-0.1, -0.05) is 23.7 Å². The van der Waals surface area contributed by atoms with Crippen LogP contribution in [0.3, 0.4) is 0 Å². The van der Waals surface area contributed by atoms with Crippen LogP contribution in [-0.2, 0) is 7.05 Å². The first-order chi connectivity index (χ1) is 11.0. The molecule has 3 rings (SSSR count). The van der Waals surface area contributed by atoms with Gasteiger partial charge in [0.15, 0.2) is 5.69 Å². The average Bonchev–Trinajstić information content (AvgIpc) is 3.17. The highest BCUT2D eigenvalue weighted by molar-refractivity contribution is 6.33. The molecule has 0 saturated heterocycles. The van der Waals surface area contributed by atoms with E-state index in [2.05, 4.69) is 10.4 Å². The van der Waals surface area contributed by atoms with Gasteiger partial charge in [0.25, 0.3) is 5.91 Å². The van der Waals surface area contributed by atoms with Gasteiger partial charge in [-0.25, -0.2) is 0 Å². The molecule has 0 bridgehead atoms. The summed E-state index contributed by atoms with van der Waals surface area (Å²) in [4.78, 5) is 12.2. The van der Waals surface area contributed by atoms with Crippen LogP contribution >= 0.6 is 11.6 Å². The summed E-state index contributed by atoms with van der Waals surface area (Å²) in [6.45, 7) is 1.93. The number of aryl methyl sites for hydroxylation is 1. The molecule has 118 valence electrons. The second-order valence-electron chi connectivity index (χ2n) is 5.38. The molecule has 0 aliphatic heterocycles. The number of carbonyl (C=O) groups is 1. The highest BCUT2D eigenvalue weighted by Crippen LogP contribution is 2.18. The molecular weight excluding hydrogens is 312 g/mol. The second kappa shape index (κ2) is 6.30. The lowest BCUT2D eigenvalue weighted by atomic mass is 10.1. The molecule has 6 heteroatoms. The molecule has 2 heterocycles. The molecule has 0 fully saturated rings. The van der Waals surface area contributed by atoms with Crippen molar-refractivity contribution < 1.29 is 4.79 Å². The SMILES string of the molecule is CC(NC(=O)c1nn(C)cc1Cl)c1ccc(-n2cccc2)cc1. The summed E-state index contributed by atoms with van der Waals surface area (Å²) >= 11 is 6.00. The fraction of sp³-hybridized carbons (Fsp3) is 0.176. The molecule has 5 nitrogen and oxygen atoms in total. The maximum absolute atomic E-state index is 12.2. The maximum atomic E-state index is 12.2. The summed E-state index contributed by atoms with van der Waals surface area (Å²) in [5.74, 6) is -0.280. The van der Waals surface area contributed by atoms with Crippen LogP contribution in [0.4, 0.5) is 0 Å². The molecule has 1 atom stereocenters. The molecule has 1 amide bonds. The van der Waals surface area contributed by atoms with Gasteiger partial charge < -0.3 is 9.88 Å². The third-order valence-electron chi connectivity index (χ3n) is 3.64. The van der Waals surface area contributed by atoms with E-state index in [4.69, 9.17) is 11.6 Å². The van der Waals surface area contributed by atoms with Gasteiger partial charge in [0.05, 0.1) is 11.1 Å². The minimum Gasteiger partial charge on any atom is -0.344 e. The number of nitrogens with zero attached hydrogens (tertiary/aromatic N) is 3. The van der Waals surface area contributed by atoms with Gasteiger partial charge in [-0.05, 0) is 36.8 Å². The normalized spacial score (nSPS) is 12.1. The van der Waals surface area contributed by atoms with E-state index in [1.807, 2.05) is 60.3 Å². The van der Waals surface area contributed by atoms with Crippen LogP contribution in [0.5, 0.6) is 0 Å². The highest BCUT2D eigenvalue weighted by Gasteiger charge is 2.17. The van der Waals surface area contributed by atoms with Crippen LogP contribution in [0, 0.1) is 0 Å². The van der Waals surface area contributed by atoms with Crippen molar-refractivity contribution in [2.75, 3.05) is 0 Å². The number of halogens is 1. The molecule has 0 aliphatic carbocycles. The first-order valence-electron chi connectivity index (χ1n) is 7.28. The number of aromatic nitrogens is 3. The highest BCUT2D eigenvalue weighted by atomic mass is 35.5. The number of benzene rings is 1. The second-order valence-corrected chi connectivity index (χ2v) is 5.78. The molecule has 0 saturated carbocycles. The summed E-state index contributed by atoms with van der Waals surface area (Å²) in [7, 11) is 1.73. The van der Waals surface area contributed by atoms with Crippen molar-refractivity contribution in [3.63, 3.8) is 0 Å². The number of amides is 1. The van der Waals surface area contributed by atoms with Gasteiger partial charge in [-0.15, -0.1) is 0 Å². The number of hydrogen-bond donors (Lipinski definition) is 1. The molecule has 1 N–H and O–H groups in total. The third kappa shape index (κ3) is 3.29. The van der Waals surface area contributed by atoms with E-state index in [0.717, 1.165) is 11.3 Å². The Balaban J connectivity index is 1.72. The van der Waals surface area contributed by atoms with Crippen molar-refractivity contribution in [1.82, 2.24) is 19.7 Å². The zero-order chi connectivity index (χ0) is 16.4. The van der Waals surface area contributed by atoms with Crippen molar-refractivity contribution in [3.05, 3.63) is 71.3 Å². The number of carbonyl (C=O) groups excluding carboxylic acids is 1. The predicted molar refractivity (Wildman–Crippen MR) is 89.9 cm³/mol. The molecule has 0 radical (unpaired) electrons. The summed E-state index contributed by atoms with van der Waals surface area (Å²) in [6, 6.07) is 11.9. The summed E-state index contributed by atoms with van der Waals surface area (Å²) in [6.07, 6.45) is 5.58. The topological polar surface area (TPSA) is 51.9 Å². The monoisotopic (exact) mass is 328 g/mol. The number of hydrogen-bond acceptors (Lipinski definition) is 2. The van der Waals surface area contributed by atoms with Crippen molar-refractivity contribution >= 4 is 17.5 Å².